The van der Waals surface area contributed by atoms with Gasteiger partial charge in [0.2, 0.25) is 0 Å². The highest BCUT2D eigenvalue weighted by atomic mass is 32.1. The third-order valence-electron chi connectivity index (χ3n) is 5.51. The number of hydrogen-bond acceptors (Lipinski definition) is 4. The van der Waals surface area contributed by atoms with Crippen molar-refractivity contribution in [1.82, 2.24) is 4.57 Å². The van der Waals surface area contributed by atoms with E-state index < -0.39 is 6.04 Å². The summed E-state index contributed by atoms with van der Waals surface area (Å²) in [5.41, 5.74) is 3.40. The molecule has 1 aromatic heterocycles. The van der Waals surface area contributed by atoms with Crippen molar-refractivity contribution in [2.45, 2.75) is 13.0 Å². The Bertz CT molecular complexity index is 1520. The monoisotopic (exact) mass is 451 g/mol. The third-order valence-corrected chi connectivity index (χ3v) is 6.49. The van der Waals surface area contributed by atoms with E-state index in [-0.39, 0.29) is 11.5 Å². The van der Waals surface area contributed by atoms with Crippen molar-refractivity contribution >= 4 is 29.0 Å². The molecule has 0 saturated heterocycles. The number of allylic oxidation sites excluding steroid dienone is 1. The van der Waals surface area contributed by atoms with Gasteiger partial charge < -0.3 is 5.32 Å². The Hall–Kier alpha value is -4.03. The normalized spacial score (nSPS) is 15.7. The molecule has 162 valence electrons. The number of amides is 1. The number of para-hydroxylation sites is 1. The lowest BCUT2D eigenvalue weighted by Crippen LogP contribution is -2.40. The van der Waals surface area contributed by atoms with Crippen LogP contribution in [0, 0.1) is 0 Å². The van der Waals surface area contributed by atoms with Gasteiger partial charge in [-0.3, -0.25) is 14.2 Å². The van der Waals surface area contributed by atoms with E-state index in [4.69, 9.17) is 0 Å². The summed E-state index contributed by atoms with van der Waals surface area (Å²) in [5.74, 6) is -0.270. The standard InChI is InChI=1S/C27H21N3O2S/c1-18-23(25(31)29-21-15-9-4-10-16-21)24(20-13-7-3-8-14-20)30-26(32)22(33-27(30)28-18)17-19-11-5-2-6-12-19/h2-17,24H,1H3,(H,29,31)/b22-17-/t24-/m1/s1. The fourth-order valence-electron chi connectivity index (χ4n) is 3.98. The van der Waals surface area contributed by atoms with Gasteiger partial charge in [0.25, 0.3) is 11.5 Å². The van der Waals surface area contributed by atoms with Crippen LogP contribution in [-0.4, -0.2) is 10.5 Å². The second kappa shape index (κ2) is 8.84. The topological polar surface area (TPSA) is 63.5 Å². The molecule has 0 fully saturated rings. The van der Waals surface area contributed by atoms with E-state index in [1.54, 1.807) is 4.57 Å². The van der Waals surface area contributed by atoms with E-state index in [2.05, 4.69) is 10.3 Å². The van der Waals surface area contributed by atoms with E-state index in [0.29, 0.717) is 26.3 Å². The highest BCUT2D eigenvalue weighted by molar-refractivity contribution is 7.07. The highest BCUT2D eigenvalue weighted by Crippen LogP contribution is 2.30. The van der Waals surface area contributed by atoms with Crippen LogP contribution in [0.1, 0.15) is 24.1 Å². The SMILES string of the molecule is CC1=C(C(=O)Nc2ccccc2)[C@@H](c2ccccc2)n2c(s/c(=C\c3ccccc3)c2=O)=N1. The highest BCUT2D eigenvalue weighted by Gasteiger charge is 2.32. The molecular weight excluding hydrogens is 430 g/mol. The first kappa shape index (κ1) is 20.8. The number of hydrogen-bond donors (Lipinski definition) is 1. The second-order valence-corrected chi connectivity index (χ2v) is 8.73. The van der Waals surface area contributed by atoms with Gasteiger partial charge in [-0.05, 0) is 36.3 Å². The molecule has 3 aromatic carbocycles. The summed E-state index contributed by atoms with van der Waals surface area (Å²) in [6.45, 7) is 1.82. The minimum Gasteiger partial charge on any atom is -0.322 e. The number of carbonyl (C=O) groups excluding carboxylic acids is 1. The summed E-state index contributed by atoms with van der Waals surface area (Å²) in [4.78, 5) is 32.3. The molecule has 0 radical (unpaired) electrons. The Balaban J connectivity index is 1.67. The molecule has 33 heavy (non-hydrogen) atoms. The largest absolute Gasteiger partial charge is 0.322 e. The van der Waals surface area contributed by atoms with Crippen LogP contribution >= 0.6 is 11.3 Å². The van der Waals surface area contributed by atoms with Crippen LogP contribution < -0.4 is 20.2 Å². The summed E-state index contributed by atoms with van der Waals surface area (Å²) in [5, 5.41) is 2.96. The maximum Gasteiger partial charge on any atom is 0.271 e. The van der Waals surface area contributed by atoms with Gasteiger partial charge in [-0.2, -0.15) is 0 Å². The Labute approximate surface area is 194 Å². The predicted molar refractivity (Wildman–Crippen MR) is 132 cm³/mol. The van der Waals surface area contributed by atoms with Crippen molar-refractivity contribution in [2.24, 2.45) is 4.99 Å². The van der Waals surface area contributed by atoms with E-state index in [9.17, 15) is 9.59 Å². The molecule has 4 aromatic rings. The van der Waals surface area contributed by atoms with Gasteiger partial charge in [0.15, 0.2) is 4.80 Å². The molecule has 5 nitrogen and oxygen atoms in total. The van der Waals surface area contributed by atoms with Crippen molar-refractivity contribution < 1.29 is 4.79 Å². The molecular formula is C27H21N3O2S. The van der Waals surface area contributed by atoms with Crippen LogP contribution in [0.4, 0.5) is 5.69 Å². The lowest BCUT2D eigenvalue weighted by molar-refractivity contribution is -0.113. The summed E-state index contributed by atoms with van der Waals surface area (Å²) in [7, 11) is 0. The zero-order valence-electron chi connectivity index (χ0n) is 17.9. The van der Waals surface area contributed by atoms with Crippen LogP contribution in [0.5, 0.6) is 0 Å². The maximum atomic E-state index is 13.6. The Morgan fingerprint density at radius 1 is 0.939 bits per heavy atom. The van der Waals surface area contributed by atoms with E-state index in [0.717, 1.165) is 11.1 Å². The fraction of sp³-hybridized carbons (Fsp3) is 0.0741. The minimum atomic E-state index is -0.566. The van der Waals surface area contributed by atoms with Crippen molar-refractivity contribution in [3.05, 3.63) is 133 Å². The zero-order chi connectivity index (χ0) is 22.8. The van der Waals surface area contributed by atoms with Crippen molar-refractivity contribution in [2.75, 3.05) is 5.32 Å². The lowest BCUT2D eigenvalue weighted by Gasteiger charge is -2.25. The molecule has 0 bridgehead atoms. The molecule has 0 aliphatic carbocycles. The third kappa shape index (κ3) is 4.08. The van der Waals surface area contributed by atoms with Crippen molar-refractivity contribution in [1.29, 1.82) is 0 Å². The summed E-state index contributed by atoms with van der Waals surface area (Å²) in [6, 6.07) is 28.1. The summed E-state index contributed by atoms with van der Waals surface area (Å²) >= 11 is 1.34. The molecule has 0 spiro atoms. The summed E-state index contributed by atoms with van der Waals surface area (Å²) < 4.78 is 2.22. The first-order chi connectivity index (χ1) is 16.1. The second-order valence-electron chi connectivity index (χ2n) is 7.72. The number of carbonyl (C=O) groups is 1. The number of benzene rings is 3. The van der Waals surface area contributed by atoms with E-state index in [1.165, 1.54) is 11.3 Å². The maximum absolute atomic E-state index is 13.6. The Morgan fingerprint density at radius 3 is 2.21 bits per heavy atom. The summed E-state index contributed by atoms with van der Waals surface area (Å²) in [6.07, 6.45) is 1.87. The van der Waals surface area contributed by atoms with Crippen molar-refractivity contribution in [3.63, 3.8) is 0 Å². The molecule has 5 rings (SSSR count). The molecule has 2 heterocycles. The number of rotatable bonds is 4. The number of anilines is 1. The fourth-order valence-corrected chi connectivity index (χ4v) is 5.03. The van der Waals surface area contributed by atoms with Gasteiger partial charge in [0, 0.05) is 5.69 Å². The molecule has 1 aliphatic rings. The quantitative estimate of drug-likeness (QED) is 0.512. The van der Waals surface area contributed by atoms with Crippen LogP contribution in [0.3, 0.4) is 0 Å². The first-order valence-electron chi connectivity index (χ1n) is 10.6. The minimum absolute atomic E-state index is 0.158. The molecule has 1 atom stereocenters. The number of thiazole rings is 1. The molecule has 0 unspecified atom stereocenters. The zero-order valence-corrected chi connectivity index (χ0v) is 18.8. The van der Waals surface area contributed by atoms with Gasteiger partial charge >= 0.3 is 0 Å². The molecule has 1 amide bonds. The first-order valence-corrected chi connectivity index (χ1v) is 11.4. The number of fused-ring (bicyclic) bond motifs is 1. The van der Waals surface area contributed by atoms with Crippen LogP contribution in [0.25, 0.3) is 6.08 Å². The molecule has 6 heteroatoms. The Morgan fingerprint density at radius 2 is 1.55 bits per heavy atom. The number of nitrogens with zero attached hydrogens (tertiary/aromatic N) is 2. The average molecular weight is 452 g/mol. The Kier molecular flexibility index (Phi) is 5.59. The van der Waals surface area contributed by atoms with Crippen molar-refractivity contribution in [3.8, 4) is 0 Å². The lowest BCUT2D eigenvalue weighted by atomic mass is 9.95. The van der Waals surface area contributed by atoms with Crippen LogP contribution in [0.15, 0.2) is 112 Å². The van der Waals surface area contributed by atoms with Gasteiger partial charge in [0.1, 0.15) is 0 Å². The average Bonchev–Trinajstić information content (AvgIpc) is 3.14. The van der Waals surface area contributed by atoms with E-state index in [1.807, 2.05) is 104 Å². The molecule has 1 aliphatic heterocycles. The van der Waals surface area contributed by atoms with Gasteiger partial charge in [0.05, 0.1) is 21.8 Å². The molecule has 0 saturated carbocycles. The van der Waals surface area contributed by atoms with Gasteiger partial charge in [-0.1, -0.05) is 90.2 Å². The predicted octanol–water partition coefficient (Wildman–Crippen LogP) is 3.87. The van der Waals surface area contributed by atoms with Gasteiger partial charge in [-0.15, -0.1) is 0 Å². The number of aromatic nitrogens is 1. The number of nitrogens with one attached hydrogen (secondary N) is 1. The molecule has 1 N–H and O–H groups in total. The van der Waals surface area contributed by atoms with Crippen LogP contribution in [0.2, 0.25) is 0 Å². The van der Waals surface area contributed by atoms with Crippen LogP contribution in [-0.2, 0) is 4.79 Å². The smallest absolute Gasteiger partial charge is 0.271 e. The van der Waals surface area contributed by atoms with Gasteiger partial charge in [-0.25, -0.2) is 4.99 Å². The van der Waals surface area contributed by atoms with E-state index >= 15 is 0 Å².